The Hall–Kier alpha value is -0.750. The van der Waals surface area contributed by atoms with Crippen molar-refractivity contribution in [3.05, 3.63) is 39.1 Å². The zero-order valence-corrected chi connectivity index (χ0v) is 10.0. The molecule has 72 valence electrons. The summed E-state index contributed by atoms with van der Waals surface area (Å²) in [6.07, 6.45) is 1.71. The molecule has 5 heteroatoms. The fraction of sp³-hybridized carbons (Fsp3) is 0. The van der Waals surface area contributed by atoms with Gasteiger partial charge in [0.15, 0.2) is 0 Å². The first kappa shape index (κ1) is 9.79. The van der Waals surface area contributed by atoms with Crippen molar-refractivity contribution in [2.75, 3.05) is 5.73 Å². The zero-order chi connectivity index (χ0) is 10.1. The van der Waals surface area contributed by atoms with Gasteiger partial charge in [0.05, 0.1) is 20.5 Å². The average Bonchev–Trinajstić information content (AvgIpc) is 2.49. The first-order valence-electron chi connectivity index (χ1n) is 3.94. The summed E-state index contributed by atoms with van der Waals surface area (Å²) in [5.74, 6) is 0.610. The zero-order valence-electron chi connectivity index (χ0n) is 7.11. The minimum atomic E-state index is 0.610. The van der Waals surface area contributed by atoms with Crippen molar-refractivity contribution in [3.63, 3.8) is 0 Å². The van der Waals surface area contributed by atoms with E-state index in [1.54, 1.807) is 10.9 Å². The molecule has 0 atom stereocenters. The van der Waals surface area contributed by atoms with E-state index in [1.165, 1.54) is 0 Å². The molecule has 1 aromatic carbocycles. The lowest BCUT2D eigenvalue weighted by Crippen LogP contribution is -2.02. The quantitative estimate of drug-likeness (QED) is 0.821. The smallest absolute Gasteiger partial charge is 0.140 e. The third-order valence-corrected chi connectivity index (χ3v) is 2.99. The van der Waals surface area contributed by atoms with Crippen LogP contribution < -0.4 is 5.73 Å². The van der Waals surface area contributed by atoms with E-state index < -0.39 is 0 Å². The topological polar surface area (TPSA) is 43.8 Å². The van der Waals surface area contributed by atoms with Crippen LogP contribution in [0.5, 0.6) is 0 Å². The number of nitrogens with zero attached hydrogens (tertiary/aromatic N) is 2. The normalized spacial score (nSPS) is 10.4. The number of benzene rings is 1. The van der Waals surface area contributed by atoms with Gasteiger partial charge in [-0.25, -0.2) is 4.68 Å². The number of halogens is 2. The van der Waals surface area contributed by atoms with E-state index in [-0.39, 0.29) is 0 Å². The molecule has 0 saturated heterocycles. The second-order valence-electron chi connectivity index (χ2n) is 2.74. The second-order valence-corrected chi connectivity index (χ2v) is 4.31. The molecule has 2 rings (SSSR count). The van der Waals surface area contributed by atoms with Gasteiger partial charge < -0.3 is 5.73 Å². The molecular formula is C9H7ClIN3. The maximum atomic E-state index is 6.02. The summed E-state index contributed by atoms with van der Waals surface area (Å²) >= 11 is 8.15. The summed E-state index contributed by atoms with van der Waals surface area (Å²) in [6.45, 7) is 0. The van der Waals surface area contributed by atoms with Crippen molar-refractivity contribution in [3.8, 4) is 5.69 Å². The third kappa shape index (κ3) is 1.59. The monoisotopic (exact) mass is 319 g/mol. The summed E-state index contributed by atoms with van der Waals surface area (Å²) in [7, 11) is 0. The predicted octanol–water partition coefficient (Wildman–Crippen LogP) is 2.71. The van der Waals surface area contributed by atoms with Gasteiger partial charge in [0.1, 0.15) is 5.82 Å². The van der Waals surface area contributed by atoms with Crippen molar-refractivity contribution in [1.82, 2.24) is 9.78 Å². The van der Waals surface area contributed by atoms with Crippen molar-refractivity contribution >= 4 is 40.0 Å². The Labute approximate surface area is 100 Å². The van der Waals surface area contributed by atoms with Crippen molar-refractivity contribution in [2.24, 2.45) is 0 Å². The van der Waals surface area contributed by atoms with Crippen LogP contribution in [0.3, 0.4) is 0 Å². The van der Waals surface area contributed by atoms with E-state index >= 15 is 0 Å². The number of hydrogen-bond acceptors (Lipinski definition) is 2. The molecule has 0 aliphatic rings. The van der Waals surface area contributed by atoms with Crippen LogP contribution in [0, 0.1) is 3.57 Å². The molecule has 0 radical (unpaired) electrons. The number of nitrogen functional groups attached to an aromatic ring is 1. The Morgan fingerprint density at radius 3 is 2.64 bits per heavy atom. The molecule has 2 aromatic rings. The van der Waals surface area contributed by atoms with Crippen LogP contribution >= 0.6 is 34.2 Å². The largest absolute Gasteiger partial charge is 0.383 e. The molecule has 2 N–H and O–H groups in total. The Morgan fingerprint density at radius 1 is 1.36 bits per heavy atom. The van der Waals surface area contributed by atoms with Gasteiger partial charge in [-0.05, 0) is 34.7 Å². The molecule has 0 aliphatic heterocycles. The molecule has 14 heavy (non-hydrogen) atoms. The SMILES string of the molecule is Nc1c(I)cnn1-c1ccccc1Cl. The molecule has 0 saturated carbocycles. The summed E-state index contributed by atoms with van der Waals surface area (Å²) in [4.78, 5) is 0. The van der Waals surface area contributed by atoms with Crippen LogP contribution in [0.2, 0.25) is 5.02 Å². The Morgan fingerprint density at radius 2 is 2.07 bits per heavy atom. The molecule has 3 nitrogen and oxygen atoms in total. The summed E-state index contributed by atoms with van der Waals surface area (Å²) < 4.78 is 2.55. The maximum Gasteiger partial charge on any atom is 0.140 e. The molecule has 0 spiro atoms. The molecule has 0 bridgehead atoms. The van der Waals surface area contributed by atoms with Crippen molar-refractivity contribution in [2.45, 2.75) is 0 Å². The van der Waals surface area contributed by atoms with Crippen molar-refractivity contribution in [1.29, 1.82) is 0 Å². The molecular weight excluding hydrogens is 312 g/mol. The van der Waals surface area contributed by atoms with Crippen LogP contribution in [0.4, 0.5) is 5.82 Å². The van der Waals surface area contributed by atoms with Gasteiger partial charge >= 0.3 is 0 Å². The highest BCUT2D eigenvalue weighted by atomic mass is 127. The van der Waals surface area contributed by atoms with Crippen LogP contribution in [0.25, 0.3) is 5.69 Å². The van der Waals surface area contributed by atoms with Gasteiger partial charge in [-0.15, -0.1) is 0 Å². The Bertz CT molecular complexity index is 467. The minimum Gasteiger partial charge on any atom is -0.383 e. The molecule has 0 aliphatic carbocycles. The number of rotatable bonds is 1. The third-order valence-electron chi connectivity index (χ3n) is 1.84. The lowest BCUT2D eigenvalue weighted by molar-refractivity contribution is 0.891. The van der Waals surface area contributed by atoms with Gasteiger partial charge in [-0.3, -0.25) is 0 Å². The van der Waals surface area contributed by atoms with E-state index in [0.29, 0.717) is 10.8 Å². The summed E-state index contributed by atoms with van der Waals surface area (Å²) in [5, 5.41) is 4.78. The van der Waals surface area contributed by atoms with Crippen LogP contribution in [0.1, 0.15) is 0 Å². The first-order chi connectivity index (χ1) is 6.70. The van der Waals surface area contributed by atoms with Gasteiger partial charge in [0.25, 0.3) is 0 Å². The first-order valence-corrected chi connectivity index (χ1v) is 5.39. The maximum absolute atomic E-state index is 6.02. The standard InChI is InChI=1S/C9H7ClIN3/c10-6-3-1-2-4-8(6)14-9(12)7(11)5-13-14/h1-5H,12H2. The summed E-state index contributed by atoms with van der Waals surface area (Å²) in [6, 6.07) is 7.46. The van der Waals surface area contributed by atoms with Crippen LogP contribution in [0.15, 0.2) is 30.5 Å². The molecule has 1 heterocycles. The van der Waals surface area contributed by atoms with Crippen LogP contribution in [-0.4, -0.2) is 9.78 Å². The lowest BCUT2D eigenvalue weighted by Gasteiger charge is -2.05. The van der Waals surface area contributed by atoms with Gasteiger partial charge in [0, 0.05) is 0 Å². The van der Waals surface area contributed by atoms with E-state index in [2.05, 4.69) is 27.7 Å². The van der Waals surface area contributed by atoms with E-state index in [4.69, 9.17) is 17.3 Å². The average molecular weight is 320 g/mol. The fourth-order valence-corrected chi connectivity index (χ4v) is 1.72. The molecule has 1 aromatic heterocycles. The number of nitrogens with two attached hydrogens (primary N) is 1. The predicted molar refractivity (Wildman–Crippen MR) is 65.7 cm³/mol. The summed E-state index contributed by atoms with van der Waals surface area (Å²) in [5.41, 5.74) is 6.64. The molecule has 0 fully saturated rings. The number of para-hydroxylation sites is 1. The van der Waals surface area contributed by atoms with E-state index in [9.17, 15) is 0 Å². The number of hydrogen-bond donors (Lipinski definition) is 1. The molecule has 0 unspecified atom stereocenters. The highest BCUT2D eigenvalue weighted by Gasteiger charge is 2.08. The fourth-order valence-electron chi connectivity index (χ4n) is 1.15. The van der Waals surface area contributed by atoms with E-state index in [0.717, 1.165) is 9.26 Å². The van der Waals surface area contributed by atoms with E-state index in [1.807, 2.05) is 24.3 Å². The Kier molecular flexibility index (Phi) is 2.64. The Balaban J connectivity index is 2.60. The number of anilines is 1. The van der Waals surface area contributed by atoms with Gasteiger partial charge in [0.2, 0.25) is 0 Å². The van der Waals surface area contributed by atoms with Gasteiger partial charge in [-0.1, -0.05) is 23.7 Å². The van der Waals surface area contributed by atoms with Crippen molar-refractivity contribution < 1.29 is 0 Å². The highest BCUT2D eigenvalue weighted by Crippen LogP contribution is 2.24. The number of aromatic nitrogens is 2. The van der Waals surface area contributed by atoms with Gasteiger partial charge in [-0.2, -0.15) is 5.10 Å². The molecule has 0 amide bonds. The lowest BCUT2D eigenvalue weighted by atomic mass is 10.3. The van der Waals surface area contributed by atoms with Crippen LogP contribution in [-0.2, 0) is 0 Å². The second kappa shape index (κ2) is 3.78. The highest BCUT2D eigenvalue weighted by molar-refractivity contribution is 14.1. The minimum absolute atomic E-state index is 0.610.